The molecule has 0 radical (unpaired) electrons. The first-order valence-corrected chi connectivity index (χ1v) is 7.13. The van der Waals surface area contributed by atoms with Crippen LogP contribution in [-0.2, 0) is 13.0 Å². The Bertz CT molecular complexity index is 620. The molecule has 0 fully saturated rings. The summed E-state index contributed by atoms with van der Waals surface area (Å²) in [5.74, 6) is 0.584. The molecule has 5 heteroatoms. The summed E-state index contributed by atoms with van der Waals surface area (Å²) in [6.07, 6.45) is 3.59. The number of benzene rings is 1. The molecule has 2 aromatic rings. The molecule has 0 aliphatic rings. The zero-order valence-corrected chi connectivity index (χ0v) is 12.5. The molecule has 0 unspecified atom stereocenters. The normalized spacial score (nSPS) is 10.6. The van der Waals surface area contributed by atoms with E-state index in [1.807, 2.05) is 24.3 Å². The van der Waals surface area contributed by atoms with Crippen LogP contribution in [0.15, 0.2) is 30.5 Å². The number of nitrogens with two attached hydrogens (primary N) is 1. The Morgan fingerprint density at radius 3 is 2.90 bits per heavy atom. The third kappa shape index (κ3) is 3.62. The van der Waals surface area contributed by atoms with E-state index in [0.717, 1.165) is 12.0 Å². The largest absolute Gasteiger partial charge is 0.493 e. The quantitative estimate of drug-likeness (QED) is 0.628. The summed E-state index contributed by atoms with van der Waals surface area (Å²) < 4.78 is 6.96. The van der Waals surface area contributed by atoms with Crippen molar-refractivity contribution in [2.45, 2.75) is 32.7 Å². The molecule has 0 spiro atoms. The Morgan fingerprint density at radius 2 is 2.24 bits per heavy atom. The molecule has 112 valence electrons. The highest BCUT2D eigenvalue weighted by molar-refractivity contribution is 5.97. The summed E-state index contributed by atoms with van der Waals surface area (Å²) in [5, 5.41) is 4.22. The molecular weight excluding hydrogens is 266 g/mol. The summed E-state index contributed by atoms with van der Waals surface area (Å²) in [5.41, 5.74) is 8.08. The van der Waals surface area contributed by atoms with Gasteiger partial charge < -0.3 is 10.5 Å². The van der Waals surface area contributed by atoms with E-state index in [-0.39, 0.29) is 5.78 Å². The molecule has 0 aliphatic heterocycles. The first-order chi connectivity index (χ1) is 10.2. The second kappa shape index (κ2) is 6.92. The smallest absolute Gasteiger partial charge is 0.185 e. The van der Waals surface area contributed by atoms with Crippen LogP contribution in [0.5, 0.6) is 5.75 Å². The number of aryl methyl sites for hydroxylation is 2. The van der Waals surface area contributed by atoms with E-state index in [1.165, 1.54) is 0 Å². The first kappa shape index (κ1) is 15.1. The van der Waals surface area contributed by atoms with Crippen molar-refractivity contribution in [3.05, 3.63) is 41.7 Å². The number of aromatic nitrogens is 2. The molecule has 0 saturated heterocycles. The van der Waals surface area contributed by atoms with Crippen LogP contribution in [0, 0.1) is 0 Å². The van der Waals surface area contributed by atoms with Crippen molar-refractivity contribution < 1.29 is 9.53 Å². The van der Waals surface area contributed by atoms with E-state index in [0.29, 0.717) is 36.5 Å². The highest BCUT2D eigenvalue weighted by Crippen LogP contribution is 2.21. The molecule has 1 aromatic heterocycles. The highest BCUT2D eigenvalue weighted by Gasteiger charge is 2.18. The number of rotatable bonds is 7. The summed E-state index contributed by atoms with van der Waals surface area (Å²) in [6, 6.07) is 7.61. The number of nitrogens with zero attached hydrogens (tertiary/aromatic N) is 2. The van der Waals surface area contributed by atoms with Crippen LogP contribution in [0.3, 0.4) is 0 Å². The minimum absolute atomic E-state index is 0.0419. The fraction of sp³-hybridized carbons (Fsp3) is 0.375. The molecule has 1 heterocycles. The maximum absolute atomic E-state index is 12.5. The zero-order valence-electron chi connectivity index (χ0n) is 12.5. The van der Waals surface area contributed by atoms with Gasteiger partial charge in [0, 0.05) is 18.7 Å². The molecular formula is C16H21N3O2. The maximum Gasteiger partial charge on any atom is 0.185 e. The molecule has 2 N–H and O–H groups in total. The van der Waals surface area contributed by atoms with Crippen molar-refractivity contribution >= 4 is 11.5 Å². The van der Waals surface area contributed by atoms with Crippen molar-refractivity contribution in [3.63, 3.8) is 0 Å². The van der Waals surface area contributed by atoms with Crippen LogP contribution in [0.25, 0.3) is 0 Å². The molecule has 0 saturated carbocycles. The molecule has 21 heavy (non-hydrogen) atoms. The molecule has 0 bridgehead atoms. The van der Waals surface area contributed by atoms with Crippen molar-refractivity contribution in [3.8, 4) is 5.75 Å². The third-order valence-corrected chi connectivity index (χ3v) is 3.32. The van der Waals surface area contributed by atoms with E-state index in [9.17, 15) is 4.79 Å². The number of nitrogen functional groups attached to an aromatic ring is 1. The molecule has 0 atom stereocenters. The number of hydrogen-bond acceptors (Lipinski definition) is 4. The van der Waals surface area contributed by atoms with E-state index in [1.54, 1.807) is 18.0 Å². The average Bonchev–Trinajstić information content (AvgIpc) is 2.88. The number of ketones is 1. The van der Waals surface area contributed by atoms with Gasteiger partial charge >= 0.3 is 0 Å². The SMILES string of the molecule is CCCn1ncc(OC)c1C(=O)CCc1cccc(N)c1. The molecule has 1 aromatic carbocycles. The van der Waals surface area contributed by atoms with Crippen LogP contribution in [0.2, 0.25) is 0 Å². The van der Waals surface area contributed by atoms with Gasteiger partial charge in [-0.25, -0.2) is 0 Å². The number of anilines is 1. The number of methoxy groups -OCH3 is 1. The minimum Gasteiger partial charge on any atom is -0.493 e. The number of Topliss-reactive ketones (excluding diaryl/α,β-unsaturated/α-hetero) is 1. The summed E-state index contributed by atoms with van der Waals surface area (Å²) in [4.78, 5) is 12.5. The van der Waals surface area contributed by atoms with Crippen LogP contribution in [-0.4, -0.2) is 22.7 Å². The van der Waals surface area contributed by atoms with Gasteiger partial charge in [-0.1, -0.05) is 19.1 Å². The van der Waals surface area contributed by atoms with Gasteiger partial charge in [0.15, 0.2) is 11.5 Å². The van der Waals surface area contributed by atoms with Gasteiger partial charge in [-0.3, -0.25) is 9.48 Å². The van der Waals surface area contributed by atoms with Crippen LogP contribution < -0.4 is 10.5 Å². The fourth-order valence-electron chi connectivity index (χ4n) is 2.31. The fourth-order valence-corrected chi connectivity index (χ4v) is 2.31. The number of carbonyl (C=O) groups excluding carboxylic acids is 1. The Labute approximate surface area is 124 Å². The van der Waals surface area contributed by atoms with Gasteiger partial charge in [0.2, 0.25) is 0 Å². The highest BCUT2D eigenvalue weighted by atomic mass is 16.5. The lowest BCUT2D eigenvalue weighted by molar-refractivity contribution is 0.0969. The van der Waals surface area contributed by atoms with Crippen LogP contribution in [0.4, 0.5) is 5.69 Å². The van der Waals surface area contributed by atoms with Crippen molar-refractivity contribution in [2.75, 3.05) is 12.8 Å². The summed E-state index contributed by atoms with van der Waals surface area (Å²) in [7, 11) is 1.56. The number of carbonyl (C=O) groups is 1. The number of ether oxygens (including phenoxy) is 1. The van der Waals surface area contributed by atoms with E-state index >= 15 is 0 Å². The third-order valence-electron chi connectivity index (χ3n) is 3.32. The van der Waals surface area contributed by atoms with E-state index < -0.39 is 0 Å². The van der Waals surface area contributed by atoms with Crippen molar-refractivity contribution in [1.82, 2.24) is 9.78 Å². The average molecular weight is 287 g/mol. The van der Waals surface area contributed by atoms with Gasteiger partial charge in [-0.15, -0.1) is 0 Å². The Kier molecular flexibility index (Phi) is 4.98. The molecule has 2 rings (SSSR count). The minimum atomic E-state index is 0.0419. The van der Waals surface area contributed by atoms with E-state index in [4.69, 9.17) is 10.5 Å². The zero-order chi connectivity index (χ0) is 15.2. The van der Waals surface area contributed by atoms with Gasteiger partial charge in [-0.05, 0) is 30.5 Å². The van der Waals surface area contributed by atoms with E-state index in [2.05, 4.69) is 12.0 Å². The molecule has 0 aliphatic carbocycles. The lowest BCUT2D eigenvalue weighted by atomic mass is 10.1. The predicted molar refractivity (Wildman–Crippen MR) is 82.6 cm³/mol. The standard InChI is InChI=1S/C16H21N3O2/c1-3-9-19-16(15(21-2)11-18-19)14(20)8-7-12-5-4-6-13(17)10-12/h4-6,10-11H,3,7-9,17H2,1-2H3. The maximum atomic E-state index is 12.5. The lowest BCUT2D eigenvalue weighted by Crippen LogP contribution is -2.12. The Hall–Kier alpha value is -2.30. The van der Waals surface area contributed by atoms with Crippen LogP contribution in [0.1, 0.15) is 35.8 Å². The van der Waals surface area contributed by atoms with Gasteiger partial charge in [0.1, 0.15) is 5.69 Å². The van der Waals surface area contributed by atoms with Gasteiger partial charge in [0.25, 0.3) is 0 Å². The molecule has 5 nitrogen and oxygen atoms in total. The second-order valence-electron chi connectivity index (χ2n) is 4.95. The second-order valence-corrected chi connectivity index (χ2v) is 4.95. The van der Waals surface area contributed by atoms with Gasteiger partial charge in [-0.2, -0.15) is 5.10 Å². The monoisotopic (exact) mass is 287 g/mol. The lowest BCUT2D eigenvalue weighted by Gasteiger charge is -2.08. The first-order valence-electron chi connectivity index (χ1n) is 7.13. The van der Waals surface area contributed by atoms with Crippen LogP contribution >= 0.6 is 0 Å². The van der Waals surface area contributed by atoms with Crippen molar-refractivity contribution in [1.29, 1.82) is 0 Å². The Morgan fingerprint density at radius 1 is 1.43 bits per heavy atom. The number of hydrogen-bond donors (Lipinski definition) is 1. The predicted octanol–water partition coefficient (Wildman–Crippen LogP) is 2.70. The summed E-state index contributed by atoms with van der Waals surface area (Å²) in [6.45, 7) is 2.76. The molecule has 0 amide bonds. The summed E-state index contributed by atoms with van der Waals surface area (Å²) >= 11 is 0. The van der Waals surface area contributed by atoms with Crippen molar-refractivity contribution in [2.24, 2.45) is 0 Å². The topological polar surface area (TPSA) is 70.1 Å². The Balaban J connectivity index is 2.11. The van der Waals surface area contributed by atoms with Gasteiger partial charge in [0.05, 0.1) is 13.3 Å².